The molecule has 0 aromatic heterocycles. The Bertz CT molecular complexity index is 387. The fourth-order valence-electron chi connectivity index (χ4n) is 1.71. The van der Waals surface area contributed by atoms with Crippen LogP contribution in [-0.4, -0.2) is 19.1 Å². The van der Waals surface area contributed by atoms with Crippen LogP contribution in [0.15, 0.2) is 18.2 Å². The van der Waals surface area contributed by atoms with Gasteiger partial charge in [0.05, 0.1) is 7.11 Å². The summed E-state index contributed by atoms with van der Waals surface area (Å²) in [6, 6.07) is 5.37. The van der Waals surface area contributed by atoms with Gasteiger partial charge >= 0.3 is 0 Å². The molecule has 0 bridgehead atoms. The van der Waals surface area contributed by atoms with Gasteiger partial charge in [0.1, 0.15) is 11.3 Å². The molecule has 0 saturated heterocycles. The van der Waals surface area contributed by atoms with Crippen molar-refractivity contribution in [2.45, 2.75) is 32.7 Å². The minimum atomic E-state index is -0.173. The van der Waals surface area contributed by atoms with E-state index in [-0.39, 0.29) is 11.9 Å². The highest BCUT2D eigenvalue weighted by Crippen LogP contribution is 2.24. The van der Waals surface area contributed by atoms with Gasteiger partial charge in [0, 0.05) is 11.7 Å². The van der Waals surface area contributed by atoms with Gasteiger partial charge in [-0.1, -0.05) is 19.9 Å². The number of methoxy groups -OCH3 is 1. The third-order valence-corrected chi connectivity index (χ3v) is 2.83. The number of hydrogen-bond donors (Lipinski definition) is 2. The number of rotatable bonds is 5. The van der Waals surface area contributed by atoms with Crippen LogP contribution < -0.4 is 15.8 Å². The van der Waals surface area contributed by atoms with Crippen molar-refractivity contribution >= 4 is 11.6 Å². The number of anilines is 1. The molecule has 0 fully saturated rings. The van der Waals surface area contributed by atoms with Crippen molar-refractivity contribution in [3.63, 3.8) is 0 Å². The largest absolute Gasteiger partial charge is 0.496 e. The molecule has 0 unspecified atom stereocenters. The molecule has 0 atom stereocenters. The van der Waals surface area contributed by atoms with Gasteiger partial charge in [-0.05, 0) is 25.0 Å². The van der Waals surface area contributed by atoms with Gasteiger partial charge in [0.15, 0.2) is 0 Å². The fourth-order valence-corrected chi connectivity index (χ4v) is 1.71. The van der Waals surface area contributed by atoms with E-state index >= 15 is 0 Å². The third kappa shape index (κ3) is 3.12. The number of nitrogens with two attached hydrogens (primary N) is 1. The summed E-state index contributed by atoms with van der Waals surface area (Å²) >= 11 is 0. The molecule has 0 heterocycles. The van der Waals surface area contributed by atoms with Crippen molar-refractivity contribution in [2.75, 3.05) is 12.8 Å². The fraction of sp³-hybridized carbons (Fsp3) is 0.462. The standard InChI is InChI=1S/C13H20N2O2/c1-4-9(5-2)15-13(16)12-10(14)7-6-8-11(12)17-3/h6-9H,4-5,14H2,1-3H3,(H,15,16). The molecule has 17 heavy (non-hydrogen) atoms. The van der Waals surface area contributed by atoms with Crippen molar-refractivity contribution in [2.24, 2.45) is 0 Å². The maximum atomic E-state index is 12.1. The predicted octanol–water partition coefficient (Wildman–Crippen LogP) is 2.20. The molecular weight excluding hydrogens is 216 g/mol. The van der Waals surface area contributed by atoms with Gasteiger partial charge in [-0.25, -0.2) is 0 Å². The van der Waals surface area contributed by atoms with E-state index in [0.29, 0.717) is 17.0 Å². The molecule has 1 aromatic rings. The van der Waals surface area contributed by atoms with Gasteiger partial charge in [-0.2, -0.15) is 0 Å². The van der Waals surface area contributed by atoms with Crippen LogP contribution in [0.1, 0.15) is 37.0 Å². The summed E-state index contributed by atoms with van der Waals surface area (Å²) in [5.74, 6) is 0.335. The van der Waals surface area contributed by atoms with Crippen LogP contribution in [0.5, 0.6) is 5.75 Å². The number of carbonyl (C=O) groups is 1. The smallest absolute Gasteiger partial charge is 0.257 e. The lowest BCUT2D eigenvalue weighted by Crippen LogP contribution is -2.34. The van der Waals surface area contributed by atoms with Crippen LogP contribution in [0, 0.1) is 0 Å². The molecule has 1 aromatic carbocycles. The summed E-state index contributed by atoms with van der Waals surface area (Å²) < 4.78 is 5.16. The Morgan fingerprint density at radius 1 is 1.41 bits per heavy atom. The molecule has 0 aliphatic heterocycles. The molecule has 1 rings (SSSR count). The lowest BCUT2D eigenvalue weighted by atomic mass is 10.1. The van der Waals surface area contributed by atoms with Crippen molar-refractivity contribution in [1.82, 2.24) is 5.32 Å². The van der Waals surface area contributed by atoms with E-state index in [1.807, 2.05) is 13.8 Å². The average Bonchev–Trinajstić information content (AvgIpc) is 2.35. The summed E-state index contributed by atoms with van der Waals surface area (Å²) in [6.07, 6.45) is 1.80. The summed E-state index contributed by atoms with van der Waals surface area (Å²) in [5.41, 5.74) is 6.67. The van der Waals surface area contributed by atoms with E-state index in [0.717, 1.165) is 12.8 Å². The predicted molar refractivity (Wildman–Crippen MR) is 69.2 cm³/mol. The monoisotopic (exact) mass is 236 g/mol. The number of hydrogen-bond acceptors (Lipinski definition) is 3. The number of nitrogen functional groups attached to an aromatic ring is 1. The van der Waals surface area contributed by atoms with E-state index in [1.165, 1.54) is 7.11 Å². The maximum absolute atomic E-state index is 12.1. The highest BCUT2D eigenvalue weighted by atomic mass is 16.5. The maximum Gasteiger partial charge on any atom is 0.257 e. The number of ether oxygens (including phenoxy) is 1. The van der Waals surface area contributed by atoms with E-state index in [4.69, 9.17) is 10.5 Å². The Morgan fingerprint density at radius 3 is 2.59 bits per heavy atom. The minimum absolute atomic E-state index is 0.173. The number of benzene rings is 1. The first kappa shape index (κ1) is 13.4. The summed E-state index contributed by atoms with van der Waals surface area (Å²) in [5, 5.41) is 2.95. The first-order valence-corrected chi connectivity index (χ1v) is 5.87. The van der Waals surface area contributed by atoms with E-state index in [2.05, 4.69) is 5.32 Å². The van der Waals surface area contributed by atoms with E-state index in [9.17, 15) is 4.79 Å². The van der Waals surface area contributed by atoms with Crippen LogP contribution in [0.25, 0.3) is 0 Å². The second kappa shape index (κ2) is 6.13. The molecule has 1 amide bonds. The Morgan fingerprint density at radius 2 is 2.06 bits per heavy atom. The van der Waals surface area contributed by atoms with Crippen LogP contribution >= 0.6 is 0 Å². The molecule has 3 N–H and O–H groups in total. The first-order valence-electron chi connectivity index (χ1n) is 5.87. The Hall–Kier alpha value is -1.71. The topological polar surface area (TPSA) is 64.4 Å². The SMILES string of the molecule is CCC(CC)NC(=O)c1c(N)cccc1OC. The second-order valence-corrected chi connectivity index (χ2v) is 3.91. The Kier molecular flexibility index (Phi) is 4.82. The van der Waals surface area contributed by atoms with Crippen molar-refractivity contribution < 1.29 is 9.53 Å². The van der Waals surface area contributed by atoms with Gasteiger partial charge in [0.2, 0.25) is 0 Å². The number of carbonyl (C=O) groups excluding carboxylic acids is 1. The molecular formula is C13H20N2O2. The van der Waals surface area contributed by atoms with Gasteiger partial charge in [0.25, 0.3) is 5.91 Å². The van der Waals surface area contributed by atoms with Crippen molar-refractivity contribution in [3.8, 4) is 5.75 Å². The van der Waals surface area contributed by atoms with Crippen LogP contribution in [0.3, 0.4) is 0 Å². The lowest BCUT2D eigenvalue weighted by molar-refractivity contribution is 0.0933. The third-order valence-electron chi connectivity index (χ3n) is 2.83. The normalized spacial score (nSPS) is 10.4. The first-order chi connectivity index (χ1) is 8.13. The highest BCUT2D eigenvalue weighted by Gasteiger charge is 2.17. The molecule has 0 spiro atoms. The quantitative estimate of drug-likeness (QED) is 0.770. The lowest BCUT2D eigenvalue weighted by Gasteiger charge is -2.17. The van der Waals surface area contributed by atoms with Gasteiger partial charge < -0.3 is 15.8 Å². The highest BCUT2D eigenvalue weighted by molar-refractivity contribution is 6.02. The minimum Gasteiger partial charge on any atom is -0.496 e. The molecule has 94 valence electrons. The van der Waals surface area contributed by atoms with Gasteiger partial charge in [-0.3, -0.25) is 4.79 Å². The van der Waals surface area contributed by atoms with E-state index in [1.54, 1.807) is 18.2 Å². The Labute approximate surface area is 102 Å². The zero-order valence-electron chi connectivity index (χ0n) is 10.6. The molecule has 4 heteroatoms. The van der Waals surface area contributed by atoms with Crippen molar-refractivity contribution in [1.29, 1.82) is 0 Å². The average molecular weight is 236 g/mol. The zero-order chi connectivity index (χ0) is 12.8. The Balaban J connectivity index is 2.95. The molecule has 0 radical (unpaired) electrons. The van der Waals surface area contributed by atoms with Crippen molar-refractivity contribution in [3.05, 3.63) is 23.8 Å². The summed E-state index contributed by atoms with van der Waals surface area (Å²) in [6.45, 7) is 4.08. The number of amides is 1. The summed E-state index contributed by atoms with van der Waals surface area (Å²) in [7, 11) is 1.53. The van der Waals surface area contributed by atoms with Crippen LogP contribution in [0.2, 0.25) is 0 Å². The molecule has 0 saturated carbocycles. The number of nitrogens with one attached hydrogen (secondary N) is 1. The molecule has 4 nitrogen and oxygen atoms in total. The second-order valence-electron chi connectivity index (χ2n) is 3.91. The van der Waals surface area contributed by atoms with Crippen LogP contribution in [0.4, 0.5) is 5.69 Å². The van der Waals surface area contributed by atoms with Crippen LogP contribution in [-0.2, 0) is 0 Å². The zero-order valence-corrected chi connectivity index (χ0v) is 10.6. The molecule has 0 aliphatic rings. The molecule has 0 aliphatic carbocycles. The van der Waals surface area contributed by atoms with Gasteiger partial charge in [-0.15, -0.1) is 0 Å². The van der Waals surface area contributed by atoms with E-state index < -0.39 is 0 Å². The summed E-state index contributed by atoms with van der Waals surface area (Å²) in [4.78, 5) is 12.1.